The average Bonchev–Trinajstić information content (AvgIpc) is 2.76. The molecule has 158 valence electrons. The summed E-state index contributed by atoms with van der Waals surface area (Å²) in [6.45, 7) is 5.98. The molecule has 0 aliphatic carbocycles. The number of halogens is 1. The molecule has 5 heteroatoms. The van der Waals surface area contributed by atoms with Gasteiger partial charge in [0.25, 0.3) is 5.56 Å². The topological polar surface area (TPSA) is 37.3 Å². The van der Waals surface area contributed by atoms with E-state index in [-0.39, 0.29) is 5.56 Å². The molecule has 1 N–H and O–H groups in total. The molecule has 1 aliphatic heterocycles. The Morgan fingerprint density at radius 1 is 1.07 bits per heavy atom. The average molecular weight is 424 g/mol. The van der Waals surface area contributed by atoms with Crippen LogP contribution in [0.5, 0.6) is 0 Å². The van der Waals surface area contributed by atoms with E-state index in [1.165, 1.54) is 12.0 Å². The van der Waals surface area contributed by atoms with Gasteiger partial charge in [0.15, 0.2) is 0 Å². The van der Waals surface area contributed by atoms with Crippen LogP contribution in [0, 0.1) is 0 Å². The van der Waals surface area contributed by atoms with Gasteiger partial charge in [-0.25, -0.2) is 0 Å². The number of fused-ring (bicyclic) bond motifs is 1. The number of hydrogen-bond donors (Lipinski definition) is 1. The number of piperidine rings is 1. The van der Waals surface area contributed by atoms with Gasteiger partial charge in [-0.1, -0.05) is 41.9 Å². The first kappa shape index (κ1) is 21.0. The fourth-order valence-corrected chi connectivity index (χ4v) is 4.65. The normalized spacial score (nSPS) is 15.5. The minimum absolute atomic E-state index is 0.0353. The Kier molecular flexibility index (Phi) is 6.76. The molecule has 1 saturated heterocycles. The van der Waals surface area contributed by atoms with Crippen LogP contribution in [0.1, 0.15) is 31.7 Å². The zero-order chi connectivity index (χ0) is 20.9. The Labute approximate surface area is 183 Å². The summed E-state index contributed by atoms with van der Waals surface area (Å²) in [4.78, 5) is 15.1. The summed E-state index contributed by atoms with van der Waals surface area (Å²) in [6.07, 6.45) is 4.51. The first-order valence-electron chi connectivity index (χ1n) is 11.0. The summed E-state index contributed by atoms with van der Waals surface area (Å²) < 4.78 is 1.80. The van der Waals surface area contributed by atoms with Crippen LogP contribution < -0.4 is 10.9 Å². The van der Waals surface area contributed by atoms with Crippen LogP contribution in [0.3, 0.4) is 0 Å². The number of nitrogens with one attached hydrogen (secondary N) is 1. The maximum Gasteiger partial charge on any atom is 0.253 e. The molecule has 1 fully saturated rings. The molecule has 1 aromatic heterocycles. The number of hydrogen-bond acceptors (Lipinski definition) is 3. The third-order valence-corrected chi connectivity index (χ3v) is 6.35. The van der Waals surface area contributed by atoms with E-state index < -0.39 is 0 Å². The van der Waals surface area contributed by atoms with Gasteiger partial charge in [-0.3, -0.25) is 4.79 Å². The van der Waals surface area contributed by atoms with Gasteiger partial charge < -0.3 is 14.8 Å². The Bertz CT molecular complexity index is 1040. The fourth-order valence-electron chi connectivity index (χ4n) is 4.48. The maximum atomic E-state index is 12.6. The lowest BCUT2D eigenvalue weighted by Crippen LogP contribution is -2.39. The van der Waals surface area contributed by atoms with Crippen molar-refractivity contribution in [2.75, 3.05) is 25.0 Å². The number of aromatic nitrogens is 1. The van der Waals surface area contributed by atoms with Crippen molar-refractivity contribution in [3.8, 4) is 0 Å². The summed E-state index contributed by atoms with van der Waals surface area (Å²) in [5, 5.41) is 5.36. The Hall–Kier alpha value is -2.30. The molecule has 2 aromatic carbocycles. The first-order chi connectivity index (χ1) is 14.6. The number of nitrogens with zero attached hydrogens (tertiary/aromatic N) is 2. The van der Waals surface area contributed by atoms with E-state index in [1.54, 1.807) is 10.6 Å². The van der Waals surface area contributed by atoms with Crippen molar-refractivity contribution in [2.24, 2.45) is 0 Å². The molecule has 1 aliphatic rings. The fraction of sp³-hybridized carbons (Fsp3) is 0.400. The Balaban J connectivity index is 1.36. The van der Waals surface area contributed by atoms with Gasteiger partial charge in [-0.05, 0) is 62.9 Å². The van der Waals surface area contributed by atoms with Crippen LogP contribution in [0.4, 0.5) is 5.69 Å². The van der Waals surface area contributed by atoms with Crippen molar-refractivity contribution in [2.45, 2.75) is 45.2 Å². The molecule has 0 spiro atoms. The highest BCUT2D eigenvalue weighted by molar-refractivity contribution is 6.31. The van der Waals surface area contributed by atoms with Crippen LogP contribution in [0.15, 0.2) is 59.4 Å². The van der Waals surface area contributed by atoms with Crippen LogP contribution in [0.25, 0.3) is 10.9 Å². The molecule has 4 nitrogen and oxygen atoms in total. The molecule has 0 radical (unpaired) electrons. The van der Waals surface area contributed by atoms with Gasteiger partial charge >= 0.3 is 0 Å². The SMILES string of the molecule is CCn1c(=O)cc(NC2CCN(CCCc3ccccc3)CC2)c2cc(Cl)ccc21. The molecular formula is C25H30ClN3O. The molecule has 0 atom stereocenters. The monoisotopic (exact) mass is 423 g/mol. The van der Waals surface area contributed by atoms with Gasteiger partial charge in [0.2, 0.25) is 0 Å². The lowest BCUT2D eigenvalue weighted by Gasteiger charge is -2.33. The largest absolute Gasteiger partial charge is 0.382 e. The molecule has 4 rings (SSSR count). The molecule has 3 aromatic rings. The van der Waals surface area contributed by atoms with Crippen molar-refractivity contribution < 1.29 is 0 Å². The van der Waals surface area contributed by atoms with Gasteiger partial charge in [-0.15, -0.1) is 0 Å². The molecular weight excluding hydrogens is 394 g/mol. The summed E-state index contributed by atoms with van der Waals surface area (Å²) in [6, 6.07) is 18.6. The standard InChI is InChI=1S/C25H30ClN3O/c1-2-29-24-11-10-20(26)17-22(24)23(18-25(29)30)27-21-12-15-28(16-13-21)14-6-9-19-7-4-3-5-8-19/h3-5,7-8,10-11,17-18,21,27H,2,6,9,12-16H2,1H3. The third-order valence-electron chi connectivity index (χ3n) is 6.12. The lowest BCUT2D eigenvalue weighted by molar-refractivity contribution is 0.217. The van der Waals surface area contributed by atoms with Gasteiger partial charge in [0.1, 0.15) is 0 Å². The third kappa shape index (κ3) is 4.88. The summed E-state index contributed by atoms with van der Waals surface area (Å²) >= 11 is 6.26. The molecule has 2 heterocycles. The second kappa shape index (κ2) is 9.67. The van der Waals surface area contributed by atoms with Crippen LogP contribution in [-0.4, -0.2) is 35.1 Å². The highest BCUT2D eigenvalue weighted by atomic mass is 35.5. The van der Waals surface area contributed by atoms with Crippen molar-refractivity contribution in [1.82, 2.24) is 9.47 Å². The molecule has 0 amide bonds. The Morgan fingerprint density at radius 2 is 1.83 bits per heavy atom. The number of likely N-dealkylation sites (tertiary alicyclic amines) is 1. The number of rotatable bonds is 7. The van der Waals surface area contributed by atoms with Crippen molar-refractivity contribution in [3.05, 3.63) is 75.5 Å². The zero-order valence-corrected chi connectivity index (χ0v) is 18.4. The highest BCUT2D eigenvalue weighted by Gasteiger charge is 2.20. The minimum atomic E-state index is 0.0353. The van der Waals surface area contributed by atoms with E-state index in [0.717, 1.165) is 55.5 Å². The van der Waals surface area contributed by atoms with Crippen LogP contribution >= 0.6 is 11.6 Å². The number of benzene rings is 2. The number of anilines is 1. The van der Waals surface area contributed by atoms with E-state index in [9.17, 15) is 4.79 Å². The van der Waals surface area contributed by atoms with Gasteiger partial charge in [0, 0.05) is 47.8 Å². The van der Waals surface area contributed by atoms with Crippen LogP contribution in [-0.2, 0) is 13.0 Å². The van der Waals surface area contributed by atoms with E-state index in [0.29, 0.717) is 17.6 Å². The predicted molar refractivity (Wildman–Crippen MR) is 127 cm³/mol. The summed E-state index contributed by atoms with van der Waals surface area (Å²) in [7, 11) is 0. The smallest absolute Gasteiger partial charge is 0.253 e. The van der Waals surface area contributed by atoms with Crippen molar-refractivity contribution in [1.29, 1.82) is 0 Å². The summed E-state index contributed by atoms with van der Waals surface area (Å²) in [5.41, 5.74) is 3.30. The van der Waals surface area contributed by atoms with E-state index in [2.05, 4.69) is 40.5 Å². The second-order valence-corrected chi connectivity index (χ2v) is 8.59. The van der Waals surface area contributed by atoms with Crippen LogP contribution in [0.2, 0.25) is 5.02 Å². The maximum absolute atomic E-state index is 12.6. The van der Waals surface area contributed by atoms with E-state index in [1.807, 2.05) is 25.1 Å². The zero-order valence-electron chi connectivity index (χ0n) is 17.6. The van der Waals surface area contributed by atoms with Crippen molar-refractivity contribution in [3.63, 3.8) is 0 Å². The van der Waals surface area contributed by atoms with Crippen molar-refractivity contribution >= 4 is 28.2 Å². The number of aryl methyl sites for hydroxylation is 2. The quantitative estimate of drug-likeness (QED) is 0.568. The highest BCUT2D eigenvalue weighted by Crippen LogP contribution is 2.27. The van der Waals surface area contributed by atoms with Gasteiger partial charge in [0.05, 0.1) is 5.52 Å². The first-order valence-corrected chi connectivity index (χ1v) is 11.4. The second-order valence-electron chi connectivity index (χ2n) is 8.15. The van der Waals surface area contributed by atoms with E-state index in [4.69, 9.17) is 11.6 Å². The Morgan fingerprint density at radius 3 is 2.57 bits per heavy atom. The molecule has 0 saturated carbocycles. The lowest BCUT2D eigenvalue weighted by atomic mass is 10.0. The molecule has 0 bridgehead atoms. The minimum Gasteiger partial charge on any atom is -0.382 e. The molecule has 30 heavy (non-hydrogen) atoms. The number of pyridine rings is 1. The predicted octanol–water partition coefficient (Wildman–Crippen LogP) is 5.18. The summed E-state index contributed by atoms with van der Waals surface area (Å²) in [5.74, 6) is 0. The van der Waals surface area contributed by atoms with Gasteiger partial charge in [-0.2, -0.15) is 0 Å². The molecule has 0 unspecified atom stereocenters. The van der Waals surface area contributed by atoms with E-state index >= 15 is 0 Å².